The van der Waals surface area contributed by atoms with Crippen molar-refractivity contribution >= 4 is 40.0 Å². The van der Waals surface area contributed by atoms with Gasteiger partial charge in [-0.15, -0.1) is 0 Å². The molecule has 1 amide bonds. The summed E-state index contributed by atoms with van der Waals surface area (Å²) < 4.78 is 19.7. The zero-order valence-corrected chi connectivity index (χ0v) is 22.1. The van der Waals surface area contributed by atoms with E-state index in [2.05, 4.69) is 44.0 Å². The third-order valence-corrected chi connectivity index (χ3v) is 6.92. The number of halogens is 1. The molecule has 1 atom stereocenters. The fourth-order valence-corrected chi connectivity index (χ4v) is 4.84. The first kappa shape index (κ1) is 26.1. The van der Waals surface area contributed by atoms with E-state index in [0.29, 0.717) is 39.7 Å². The highest BCUT2D eigenvalue weighted by atomic mass is 19.1. The molecule has 10 heteroatoms. The van der Waals surface area contributed by atoms with Crippen LogP contribution in [0.2, 0.25) is 0 Å². The molecule has 1 aliphatic rings. The van der Waals surface area contributed by atoms with Crippen molar-refractivity contribution < 1.29 is 13.9 Å². The number of methoxy groups -OCH3 is 1. The van der Waals surface area contributed by atoms with Crippen LogP contribution >= 0.6 is 0 Å². The van der Waals surface area contributed by atoms with Crippen molar-refractivity contribution in [3.8, 4) is 16.9 Å². The second-order valence-corrected chi connectivity index (χ2v) is 9.50. The summed E-state index contributed by atoms with van der Waals surface area (Å²) in [7, 11) is 5.70. The van der Waals surface area contributed by atoms with Crippen molar-refractivity contribution in [1.82, 2.24) is 19.9 Å². The molecule has 4 aromatic rings. The van der Waals surface area contributed by atoms with E-state index >= 15 is 0 Å². The molecule has 1 fully saturated rings. The third kappa shape index (κ3) is 5.51. The monoisotopic (exact) mass is 527 g/mol. The van der Waals surface area contributed by atoms with E-state index < -0.39 is 0 Å². The van der Waals surface area contributed by atoms with Crippen molar-refractivity contribution in [2.75, 3.05) is 49.8 Å². The Morgan fingerprint density at radius 1 is 1.23 bits per heavy atom. The molecule has 0 saturated carbocycles. The summed E-state index contributed by atoms with van der Waals surface area (Å²) in [5.41, 5.74) is 4.55. The molecule has 2 aromatic carbocycles. The molecule has 2 aromatic heterocycles. The smallest absolute Gasteiger partial charge is 0.247 e. The maximum atomic E-state index is 13.9. The lowest BCUT2D eigenvalue weighted by atomic mass is 10.1. The van der Waals surface area contributed by atoms with Gasteiger partial charge in [0.15, 0.2) is 0 Å². The minimum absolute atomic E-state index is 0.287. The third-order valence-electron chi connectivity index (χ3n) is 6.92. The normalized spacial score (nSPS) is 15.2. The lowest BCUT2D eigenvalue weighted by Gasteiger charge is -2.29. The zero-order chi connectivity index (χ0) is 27.5. The van der Waals surface area contributed by atoms with Crippen LogP contribution in [0.3, 0.4) is 0 Å². The quantitative estimate of drug-likeness (QED) is 0.314. The van der Waals surface area contributed by atoms with Crippen LogP contribution in [0.1, 0.15) is 6.42 Å². The topological polar surface area (TPSA) is 95.5 Å². The van der Waals surface area contributed by atoms with Gasteiger partial charge in [0.2, 0.25) is 11.9 Å². The van der Waals surface area contributed by atoms with Gasteiger partial charge >= 0.3 is 0 Å². The van der Waals surface area contributed by atoms with Gasteiger partial charge < -0.3 is 25.2 Å². The number of ether oxygens (including phenoxy) is 1. The van der Waals surface area contributed by atoms with Crippen molar-refractivity contribution in [3.05, 3.63) is 73.3 Å². The number of fused-ring (bicyclic) bond motifs is 1. The molecule has 1 unspecified atom stereocenters. The molecule has 1 aliphatic heterocycles. The molecular formula is C29H30FN7O2. The Kier molecular flexibility index (Phi) is 7.38. The van der Waals surface area contributed by atoms with Crippen LogP contribution in [0.5, 0.6) is 5.75 Å². The van der Waals surface area contributed by atoms with Crippen LogP contribution in [-0.4, -0.2) is 66.1 Å². The van der Waals surface area contributed by atoms with Crippen molar-refractivity contribution in [1.29, 1.82) is 0 Å². The van der Waals surface area contributed by atoms with Crippen molar-refractivity contribution in [2.24, 2.45) is 0 Å². The molecule has 3 heterocycles. The largest absolute Gasteiger partial charge is 0.494 e. The Morgan fingerprint density at radius 3 is 2.79 bits per heavy atom. The highest BCUT2D eigenvalue weighted by Crippen LogP contribution is 2.39. The van der Waals surface area contributed by atoms with Crippen molar-refractivity contribution in [3.63, 3.8) is 0 Å². The average molecular weight is 528 g/mol. The molecule has 5 rings (SSSR count). The fourth-order valence-electron chi connectivity index (χ4n) is 4.84. The number of hydrogen-bond acceptors (Lipinski definition) is 8. The number of benzene rings is 2. The van der Waals surface area contributed by atoms with Gasteiger partial charge in [0.25, 0.3) is 0 Å². The number of rotatable bonds is 8. The molecule has 9 nitrogen and oxygen atoms in total. The van der Waals surface area contributed by atoms with E-state index in [9.17, 15) is 9.18 Å². The molecule has 39 heavy (non-hydrogen) atoms. The number of nitrogens with zero attached hydrogens (tertiary/aromatic N) is 5. The van der Waals surface area contributed by atoms with E-state index in [1.807, 2.05) is 19.2 Å². The Labute approximate surface area is 226 Å². The van der Waals surface area contributed by atoms with Gasteiger partial charge in [-0.3, -0.25) is 9.78 Å². The van der Waals surface area contributed by atoms with Gasteiger partial charge in [-0.1, -0.05) is 18.7 Å². The number of aromatic nitrogens is 3. The minimum atomic E-state index is -0.335. The highest BCUT2D eigenvalue weighted by Gasteiger charge is 2.26. The molecule has 0 bridgehead atoms. The van der Waals surface area contributed by atoms with E-state index in [-0.39, 0.29) is 17.8 Å². The van der Waals surface area contributed by atoms with Gasteiger partial charge in [-0.2, -0.15) is 0 Å². The molecular weight excluding hydrogens is 497 g/mol. The number of carbonyl (C=O) groups is 1. The van der Waals surface area contributed by atoms with E-state index in [4.69, 9.17) is 9.72 Å². The number of hydrogen-bond donors (Lipinski definition) is 2. The van der Waals surface area contributed by atoms with Crippen LogP contribution in [0.15, 0.2) is 67.5 Å². The number of amides is 1. The Hall–Kier alpha value is -4.57. The first-order valence-corrected chi connectivity index (χ1v) is 12.6. The summed E-state index contributed by atoms with van der Waals surface area (Å²) in [4.78, 5) is 30.3. The van der Waals surface area contributed by atoms with Crippen LogP contribution in [0, 0.1) is 5.82 Å². The van der Waals surface area contributed by atoms with E-state index in [1.54, 1.807) is 37.7 Å². The summed E-state index contributed by atoms with van der Waals surface area (Å²) in [5, 5.41) is 6.15. The van der Waals surface area contributed by atoms with Crippen LogP contribution in [0.4, 0.5) is 27.4 Å². The fraction of sp³-hybridized carbons (Fsp3) is 0.241. The first-order chi connectivity index (χ1) is 18.9. The maximum absolute atomic E-state index is 13.9. The minimum Gasteiger partial charge on any atom is -0.494 e. The SMILES string of the molecule is C=CC(=O)Nc1cc(Nc2ncc3nccc(-c4cccc(F)c4)c3n2)c(OC)cc1N(C)C1CCN(C)C1. The number of likely N-dealkylation sites (N-methyl/N-ethyl adjacent to an activating group) is 2. The highest BCUT2D eigenvalue weighted by molar-refractivity contribution is 6.02. The van der Waals surface area contributed by atoms with E-state index in [0.717, 1.165) is 30.8 Å². The lowest BCUT2D eigenvalue weighted by molar-refractivity contribution is -0.111. The van der Waals surface area contributed by atoms with Crippen molar-refractivity contribution in [2.45, 2.75) is 12.5 Å². The van der Waals surface area contributed by atoms with Gasteiger partial charge in [0.1, 0.15) is 22.6 Å². The molecule has 0 aliphatic carbocycles. The van der Waals surface area contributed by atoms with E-state index in [1.165, 1.54) is 18.2 Å². The molecule has 1 saturated heterocycles. The average Bonchev–Trinajstić information content (AvgIpc) is 3.38. The standard InChI is InChI=1S/C29H30FN7O2/c1-5-27(38)33-22-14-23(26(39-4)15-25(22)37(3)20-10-12-36(2)17-20)34-29-32-16-24-28(35-29)21(9-11-31-24)18-7-6-8-19(30)13-18/h5-9,11,13-16,20H,1,10,12,17H2,2-4H3,(H,33,38)(H,32,34,35). The Bertz CT molecular complexity index is 1540. The lowest BCUT2D eigenvalue weighted by Crippen LogP contribution is -2.34. The summed E-state index contributed by atoms with van der Waals surface area (Å²) in [6, 6.07) is 12.1. The number of carbonyl (C=O) groups excluding carboxylic acids is 1. The summed E-state index contributed by atoms with van der Waals surface area (Å²) in [6.45, 7) is 5.51. The molecule has 0 spiro atoms. The second kappa shape index (κ2) is 11.0. The summed E-state index contributed by atoms with van der Waals surface area (Å²) in [6.07, 6.45) is 5.50. The van der Waals surface area contributed by atoms with Gasteiger partial charge in [-0.25, -0.2) is 14.4 Å². The second-order valence-electron chi connectivity index (χ2n) is 9.50. The van der Waals surface area contributed by atoms with Crippen LogP contribution < -0.4 is 20.3 Å². The first-order valence-electron chi connectivity index (χ1n) is 12.6. The summed E-state index contributed by atoms with van der Waals surface area (Å²) >= 11 is 0. The number of pyridine rings is 1. The maximum Gasteiger partial charge on any atom is 0.247 e. The van der Waals surface area contributed by atoms with Gasteiger partial charge in [0.05, 0.1) is 30.4 Å². The van der Waals surface area contributed by atoms with Gasteiger partial charge in [0, 0.05) is 37.5 Å². The Morgan fingerprint density at radius 2 is 2.08 bits per heavy atom. The number of nitrogens with one attached hydrogen (secondary N) is 2. The summed E-state index contributed by atoms with van der Waals surface area (Å²) in [5.74, 6) is 0.195. The Balaban J connectivity index is 1.54. The number of likely N-dealkylation sites (tertiary alicyclic amines) is 1. The predicted octanol–water partition coefficient (Wildman–Crippen LogP) is 4.85. The zero-order valence-electron chi connectivity index (χ0n) is 22.1. The predicted molar refractivity (Wildman–Crippen MR) is 152 cm³/mol. The molecule has 0 radical (unpaired) electrons. The van der Waals surface area contributed by atoms with Crippen LogP contribution in [0.25, 0.3) is 22.2 Å². The molecule has 200 valence electrons. The molecule has 2 N–H and O–H groups in total. The van der Waals surface area contributed by atoms with Gasteiger partial charge in [-0.05, 0) is 55.9 Å². The van der Waals surface area contributed by atoms with Crippen LogP contribution in [-0.2, 0) is 4.79 Å². The number of anilines is 4.